The van der Waals surface area contributed by atoms with Crippen LogP contribution in [0.25, 0.3) is 0 Å². The lowest BCUT2D eigenvalue weighted by Crippen LogP contribution is -2.45. The van der Waals surface area contributed by atoms with Gasteiger partial charge in [0, 0.05) is 31.8 Å². The maximum Gasteiger partial charge on any atom is 0.0599 e. The fourth-order valence-corrected chi connectivity index (χ4v) is 3.17. The van der Waals surface area contributed by atoms with Crippen molar-refractivity contribution in [3.05, 3.63) is 35.4 Å². The number of rotatable bonds is 5. The summed E-state index contributed by atoms with van der Waals surface area (Å²) >= 11 is 0. The van der Waals surface area contributed by atoms with E-state index in [-0.39, 0.29) is 6.04 Å². The van der Waals surface area contributed by atoms with Crippen LogP contribution in [-0.4, -0.2) is 36.7 Å². The van der Waals surface area contributed by atoms with E-state index in [0.29, 0.717) is 12.1 Å². The highest BCUT2D eigenvalue weighted by atomic mass is 16.5. The number of nitrogens with two attached hydrogens (primary N) is 1. The molecule has 2 atom stereocenters. The molecule has 1 aromatic carbocycles. The summed E-state index contributed by atoms with van der Waals surface area (Å²) in [5.74, 6) is 0. The first-order chi connectivity index (χ1) is 9.61. The molecule has 1 aliphatic heterocycles. The van der Waals surface area contributed by atoms with E-state index in [1.807, 2.05) is 0 Å². The summed E-state index contributed by atoms with van der Waals surface area (Å²) in [6.45, 7) is 9.27. The molecule has 2 rings (SSSR count). The highest BCUT2D eigenvalue weighted by Crippen LogP contribution is 2.28. The molecule has 0 amide bonds. The van der Waals surface area contributed by atoms with Gasteiger partial charge < -0.3 is 10.5 Å². The Balaban J connectivity index is 2.05. The molecule has 1 aromatic rings. The van der Waals surface area contributed by atoms with Crippen molar-refractivity contribution < 1.29 is 4.74 Å². The lowest BCUT2D eigenvalue weighted by Gasteiger charge is -2.39. The molecule has 3 heteroatoms. The summed E-state index contributed by atoms with van der Waals surface area (Å²) < 4.78 is 5.73. The largest absolute Gasteiger partial charge is 0.378 e. The van der Waals surface area contributed by atoms with Crippen LogP contribution in [0.5, 0.6) is 0 Å². The summed E-state index contributed by atoms with van der Waals surface area (Å²) in [6.07, 6.45) is 2.66. The van der Waals surface area contributed by atoms with Gasteiger partial charge in [-0.3, -0.25) is 4.90 Å². The SMILES string of the molecule is CCOC1CCN(C(c2ccc(C)cc2)C(C)N)CC1. The Morgan fingerprint density at radius 3 is 2.35 bits per heavy atom. The molecule has 0 saturated carbocycles. The van der Waals surface area contributed by atoms with Crippen LogP contribution in [0.2, 0.25) is 0 Å². The van der Waals surface area contributed by atoms with E-state index in [9.17, 15) is 0 Å². The second-order valence-electron chi connectivity index (χ2n) is 5.91. The molecule has 0 radical (unpaired) electrons. The average molecular weight is 276 g/mol. The number of aryl methyl sites for hydroxylation is 1. The van der Waals surface area contributed by atoms with Crippen molar-refractivity contribution in [3.63, 3.8) is 0 Å². The maximum atomic E-state index is 6.26. The van der Waals surface area contributed by atoms with Gasteiger partial charge in [0.15, 0.2) is 0 Å². The fraction of sp³-hybridized carbons (Fsp3) is 0.647. The Labute approximate surface area is 123 Å². The Hall–Kier alpha value is -0.900. The third-order valence-corrected chi connectivity index (χ3v) is 4.19. The van der Waals surface area contributed by atoms with Gasteiger partial charge in [0.2, 0.25) is 0 Å². The van der Waals surface area contributed by atoms with E-state index in [4.69, 9.17) is 10.5 Å². The van der Waals surface area contributed by atoms with Crippen LogP contribution in [0.3, 0.4) is 0 Å². The summed E-state index contributed by atoms with van der Waals surface area (Å²) in [4.78, 5) is 2.52. The first-order valence-corrected chi connectivity index (χ1v) is 7.79. The van der Waals surface area contributed by atoms with Crippen molar-refractivity contribution >= 4 is 0 Å². The zero-order valence-corrected chi connectivity index (χ0v) is 13.0. The summed E-state index contributed by atoms with van der Waals surface area (Å²) in [6, 6.07) is 9.25. The maximum absolute atomic E-state index is 6.26. The predicted octanol–water partition coefficient (Wildman–Crippen LogP) is 2.88. The highest BCUT2D eigenvalue weighted by molar-refractivity contribution is 5.25. The molecule has 0 aliphatic carbocycles. The highest BCUT2D eigenvalue weighted by Gasteiger charge is 2.28. The second-order valence-corrected chi connectivity index (χ2v) is 5.91. The summed E-state index contributed by atoms with van der Waals surface area (Å²) in [7, 11) is 0. The Morgan fingerprint density at radius 1 is 1.25 bits per heavy atom. The number of ether oxygens (including phenoxy) is 1. The molecular weight excluding hydrogens is 248 g/mol. The van der Waals surface area contributed by atoms with Gasteiger partial charge in [-0.25, -0.2) is 0 Å². The van der Waals surface area contributed by atoms with E-state index in [1.165, 1.54) is 11.1 Å². The zero-order chi connectivity index (χ0) is 14.5. The van der Waals surface area contributed by atoms with E-state index >= 15 is 0 Å². The predicted molar refractivity (Wildman–Crippen MR) is 83.8 cm³/mol. The molecular formula is C17H28N2O. The normalized spacial score (nSPS) is 20.8. The molecule has 1 fully saturated rings. The molecule has 2 unspecified atom stereocenters. The Bertz CT molecular complexity index is 394. The fourth-order valence-electron chi connectivity index (χ4n) is 3.17. The first kappa shape index (κ1) is 15.5. The van der Waals surface area contributed by atoms with Gasteiger partial charge in [-0.15, -0.1) is 0 Å². The molecule has 3 nitrogen and oxygen atoms in total. The second kappa shape index (κ2) is 7.21. The van der Waals surface area contributed by atoms with E-state index in [2.05, 4.69) is 49.9 Å². The van der Waals surface area contributed by atoms with Crippen LogP contribution in [0.4, 0.5) is 0 Å². The van der Waals surface area contributed by atoms with Crippen molar-refractivity contribution in [1.29, 1.82) is 0 Å². The van der Waals surface area contributed by atoms with Crippen LogP contribution in [0.15, 0.2) is 24.3 Å². The summed E-state index contributed by atoms with van der Waals surface area (Å²) in [5.41, 5.74) is 8.89. The number of benzene rings is 1. The lowest BCUT2D eigenvalue weighted by atomic mass is 9.95. The number of hydrogen-bond donors (Lipinski definition) is 1. The molecule has 112 valence electrons. The quantitative estimate of drug-likeness (QED) is 0.898. The molecule has 0 aromatic heterocycles. The third kappa shape index (κ3) is 3.81. The van der Waals surface area contributed by atoms with Crippen molar-refractivity contribution in [2.75, 3.05) is 19.7 Å². The number of nitrogens with zero attached hydrogens (tertiary/aromatic N) is 1. The number of hydrogen-bond acceptors (Lipinski definition) is 3. The van der Waals surface area contributed by atoms with Crippen molar-refractivity contribution in [3.8, 4) is 0 Å². The van der Waals surface area contributed by atoms with E-state index in [0.717, 1.165) is 32.5 Å². The smallest absolute Gasteiger partial charge is 0.0599 e. The van der Waals surface area contributed by atoms with Crippen LogP contribution in [-0.2, 0) is 4.74 Å². The Morgan fingerprint density at radius 2 is 1.85 bits per heavy atom. The minimum Gasteiger partial charge on any atom is -0.378 e. The van der Waals surface area contributed by atoms with Crippen molar-refractivity contribution in [2.24, 2.45) is 5.73 Å². The molecule has 0 bridgehead atoms. The molecule has 1 saturated heterocycles. The molecule has 2 N–H and O–H groups in total. The minimum atomic E-state index is 0.140. The van der Waals surface area contributed by atoms with Gasteiger partial charge >= 0.3 is 0 Å². The molecule has 20 heavy (non-hydrogen) atoms. The molecule has 1 heterocycles. The van der Waals surface area contributed by atoms with Crippen molar-refractivity contribution in [2.45, 2.75) is 51.8 Å². The van der Waals surface area contributed by atoms with Gasteiger partial charge in [0.1, 0.15) is 0 Å². The molecule has 0 spiro atoms. The van der Waals surface area contributed by atoms with Gasteiger partial charge in [-0.2, -0.15) is 0 Å². The summed E-state index contributed by atoms with van der Waals surface area (Å²) in [5, 5.41) is 0. The van der Waals surface area contributed by atoms with Crippen LogP contribution in [0.1, 0.15) is 43.9 Å². The molecule has 1 aliphatic rings. The number of likely N-dealkylation sites (tertiary alicyclic amines) is 1. The topological polar surface area (TPSA) is 38.5 Å². The third-order valence-electron chi connectivity index (χ3n) is 4.19. The van der Waals surface area contributed by atoms with Crippen LogP contribution in [0, 0.1) is 6.92 Å². The first-order valence-electron chi connectivity index (χ1n) is 7.79. The van der Waals surface area contributed by atoms with Crippen LogP contribution < -0.4 is 5.73 Å². The van der Waals surface area contributed by atoms with Gasteiger partial charge in [0.25, 0.3) is 0 Å². The van der Waals surface area contributed by atoms with Crippen molar-refractivity contribution in [1.82, 2.24) is 4.90 Å². The Kier molecular flexibility index (Phi) is 5.58. The zero-order valence-electron chi connectivity index (χ0n) is 13.0. The van der Waals surface area contributed by atoms with E-state index in [1.54, 1.807) is 0 Å². The standard InChI is InChI=1S/C17H28N2O/c1-4-20-16-9-11-19(12-10-16)17(14(3)18)15-7-5-13(2)6-8-15/h5-8,14,16-17H,4,9-12,18H2,1-3H3. The average Bonchev–Trinajstić information content (AvgIpc) is 2.43. The van der Waals surface area contributed by atoms with Gasteiger partial charge in [0.05, 0.1) is 6.10 Å². The van der Waals surface area contributed by atoms with Crippen LogP contribution >= 0.6 is 0 Å². The minimum absolute atomic E-state index is 0.140. The van der Waals surface area contributed by atoms with E-state index < -0.39 is 0 Å². The lowest BCUT2D eigenvalue weighted by molar-refractivity contribution is 0.00118. The number of piperidine rings is 1. The monoisotopic (exact) mass is 276 g/mol. The van der Waals surface area contributed by atoms with Gasteiger partial charge in [-0.05, 0) is 39.2 Å². The van der Waals surface area contributed by atoms with Gasteiger partial charge in [-0.1, -0.05) is 29.8 Å².